The van der Waals surface area contributed by atoms with Gasteiger partial charge in [-0.3, -0.25) is 0 Å². The van der Waals surface area contributed by atoms with Gasteiger partial charge in [0.1, 0.15) is 12.2 Å². The number of hydrogen-bond donors (Lipinski definition) is 5. The second-order valence-corrected chi connectivity index (χ2v) is 2.10. The molecule has 0 heterocycles. The summed E-state index contributed by atoms with van der Waals surface area (Å²) in [5, 5.41) is 42.5. The van der Waals surface area contributed by atoms with Gasteiger partial charge in [0.15, 0.2) is 5.76 Å². The third-order valence-corrected chi connectivity index (χ3v) is 1.13. The van der Waals surface area contributed by atoms with Gasteiger partial charge in [-0.1, -0.05) is 0 Å². The van der Waals surface area contributed by atoms with Gasteiger partial charge in [0.2, 0.25) is 0 Å². The van der Waals surface area contributed by atoms with E-state index in [9.17, 15) is 4.79 Å². The Balaban J connectivity index is 4.22. The van der Waals surface area contributed by atoms with Gasteiger partial charge in [-0.25, -0.2) is 4.79 Å². The first-order valence-corrected chi connectivity index (χ1v) is 3.10. The van der Waals surface area contributed by atoms with Crippen LogP contribution in [0.2, 0.25) is 0 Å². The first-order valence-electron chi connectivity index (χ1n) is 3.10. The summed E-state index contributed by atoms with van der Waals surface area (Å²) in [5.74, 6) is -2.69. The highest BCUT2D eigenvalue weighted by atomic mass is 16.4. The van der Waals surface area contributed by atoms with Crippen molar-refractivity contribution in [2.24, 2.45) is 0 Å². The van der Waals surface area contributed by atoms with Crippen molar-refractivity contribution in [3.8, 4) is 0 Å². The molecule has 0 aliphatic carbocycles. The summed E-state index contributed by atoms with van der Waals surface area (Å²) in [6.07, 6.45) is -2.55. The molecule has 6 nitrogen and oxygen atoms in total. The number of hydrogen-bond acceptors (Lipinski definition) is 5. The minimum absolute atomic E-state index is 0.531. The molecule has 0 aliphatic heterocycles. The molecule has 5 N–H and O–H groups in total. The SMILES string of the molecule is O=C(O)/C(O)=C/[C@H](O)[C@H](O)CO. The Labute approximate surface area is 68.0 Å². The van der Waals surface area contributed by atoms with Gasteiger partial charge in [0.05, 0.1) is 6.61 Å². The van der Waals surface area contributed by atoms with Crippen molar-refractivity contribution in [3.05, 3.63) is 11.8 Å². The van der Waals surface area contributed by atoms with Gasteiger partial charge in [0.25, 0.3) is 0 Å². The molecular formula is C6H10O6. The molecule has 2 atom stereocenters. The molecule has 0 rings (SSSR count). The largest absolute Gasteiger partial charge is 0.502 e. The molecule has 0 aliphatic rings. The zero-order valence-electron chi connectivity index (χ0n) is 6.08. The molecule has 0 aromatic heterocycles. The quantitative estimate of drug-likeness (QED) is 0.257. The molecule has 0 amide bonds. The molecule has 0 bridgehead atoms. The van der Waals surface area contributed by atoms with Crippen LogP contribution >= 0.6 is 0 Å². The smallest absolute Gasteiger partial charge is 0.370 e. The van der Waals surface area contributed by atoms with Crippen molar-refractivity contribution >= 4 is 5.97 Å². The lowest BCUT2D eigenvalue weighted by molar-refractivity contribution is -0.135. The zero-order chi connectivity index (χ0) is 9.72. The van der Waals surface area contributed by atoms with Gasteiger partial charge in [-0.05, 0) is 6.08 Å². The van der Waals surface area contributed by atoms with E-state index in [1.807, 2.05) is 0 Å². The van der Waals surface area contributed by atoms with Crippen molar-refractivity contribution in [1.82, 2.24) is 0 Å². The Morgan fingerprint density at radius 3 is 2.17 bits per heavy atom. The maximum Gasteiger partial charge on any atom is 0.370 e. The predicted octanol–water partition coefficient (Wildman–Crippen LogP) is -1.77. The van der Waals surface area contributed by atoms with Crippen LogP contribution in [0, 0.1) is 0 Å². The number of carboxylic acid groups (broad SMARTS) is 1. The van der Waals surface area contributed by atoms with Crippen molar-refractivity contribution in [1.29, 1.82) is 0 Å². The molecule has 0 spiro atoms. The standard InChI is InChI=1S/C6H10O6/c7-2-5(10)3(8)1-4(9)6(11)12/h1,3,5,7-10H,2H2,(H,11,12)/b4-1-/t3-,5+/m0/s1. The van der Waals surface area contributed by atoms with Gasteiger partial charge < -0.3 is 25.5 Å². The van der Waals surface area contributed by atoms with Crippen LogP contribution in [0.4, 0.5) is 0 Å². The fourth-order valence-electron chi connectivity index (χ4n) is 0.452. The lowest BCUT2D eigenvalue weighted by atomic mass is 10.2. The topological polar surface area (TPSA) is 118 Å². The van der Waals surface area contributed by atoms with Crippen molar-refractivity contribution in [3.63, 3.8) is 0 Å². The van der Waals surface area contributed by atoms with E-state index in [0.717, 1.165) is 0 Å². The molecule has 0 aromatic carbocycles. The van der Waals surface area contributed by atoms with E-state index in [-0.39, 0.29) is 0 Å². The van der Waals surface area contributed by atoms with Crippen LogP contribution in [-0.2, 0) is 4.79 Å². The number of carbonyl (C=O) groups is 1. The fourth-order valence-corrected chi connectivity index (χ4v) is 0.452. The van der Waals surface area contributed by atoms with Crippen LogP contribution in [0.3, 0.4) is 0 Å². The van der Waals surface area contributed by atoms with E-state index < -0.39 is 30.5 Å². The number of aliphatic hydroxyl groups is 4. The lowest BCUT2D eigenvalue weighted by Gasteiger charge is -2.10. The first kappa shape index (κ1) is 10.9. The molecule has 0 aromatic rings. The van der Waals surface area contributed by atoms with Crippen LogP contribution in [0.15, 0.2) is 11.8 Å². The van der Waals surface area contributed by atoms with Crippen LogP contribution in [0.5, 0.6) is 0 Å². The highest BCUT2D eigenvalue weighted by Gasteiger charge is 2.15. The van der Waals surface area contributed by atoms with Gasteiger partial charge in [0, 0.05) is 0 Å². The second-order valence-electron chi connectivity index (χ2n) is 2.10. The predicted molar refractivity (Wildman–Crippen MR) is 37.4 cm³/mol. The van der Waals surface area contributed by atoms with E-state index in [4.69, 9.17) is 25.5 Å². The fraction of sp³-hybridized carbons (Fsp3) is 0.500. The minimum atomic E-state index is -1.61. The summed E-state index contributed by atoms with van der Waals surface area (Å²) in [6.45, 7) is -0.718. The molecule has 0 saturated carbocycles. The van der Waals surface area contributed by atoms with Crippen molar-refractivity contribution in [2.75, 3.05) is 6.61 Å². The van der Waals surface area contributed by atoms with E-state index >= 15 is 0 Å². The van der Waals surface area contributed by atoms with Crippen molar-refractivity contribution in [2.45, 2.75) is 12.2 Å². The molecular weight excluding hydrogens is 168 g/mol. The second kappa shape index (κ2) is 4.70. The summed E-state index contributed by atoms with van der Waals surface area (Å²) >= 11 is 0. The van der Waals surface area contributed by atoms with Crippen LogP contribution in [0.1, 0.15) is 0 Å². The van der Waals surface area contributed by atoms with E-state index in [2.05, 4.69) is 0 Å². The third-order valence-electron chi connectivity index (χ3n) is 1.13. The van der Waals surface area contributed by atoms with E-state index in [1.165, 1.54) is 0 Å². The molecule has 0 radical (unpaired) electrons. The van der Waals surface area contributed by atoms with Crippen molar-refractivity contribution < 1.29 is 30.3 Å². The first-order chi connectivity index (χ1) is 5.49. The van der Waals surface area contributed by atoms with Gasteiger partial charge in [-0.2, -0.15) is 0 Å². The average molecular weight is 178 g/mol. The van der Waals surface area contributed by atoms with Gasteiger partial charge in [-0.15, -0.1) is 0 Å². The monoisotopic (exact) mass is 178 g/mol. The molecule has 6 heteroatoms. The zero-order valence-corrected chi connectivity index (χ0v) is 6.08. The number of aliphatic carboxylic acids is 1. The summed E-state index contributed by atoms with van der Waals surface area (Å²) in [4.78, 5) is 9.97. The lowest BCUT2D eigenvalue weighted by Crippen LogP contribution is -2.28. The Hall–Kier alpha value is -1.11. The highest BCUT2D eigenvalue weighted by Crippen LogP contribution is 1.98. The van der Waals surface area contributed by atoms with Gasteiger partial charge >= 0.3 is 5.97 Å². The molecule has 70 valence electrons. The summed E-state index contributed by atoms with van der Waals surface area (Å²) in [6, 6.07) is 0. The Morgan fingerprint density at radius 2 is 1.83 bits per heavy atom. The number of aliphatic hydroxyl groups excluding tert-OH is 4. The van der Waals surface area contributed by atoms with E-state index in [1.54, 1.807) is 0 Å². The normalized spacial score (nSPS) is 17.1. The minimum Gasteiger partial charge on any atom is -0.502 e. The maximum absolute atomic E-state index is 9.97. The van der Waals surface area contributed by atoms with Crippen LogP contribution in [-0.4, -0.2) is 50.3 Å². The van der Waals surface area contributed by atoms with Crippen LogP contribution < -0.4 is 0 Å². The molecule has 12 heavy (non-hydrogen) atoms. The third kappa shape index (κ3) is 3.33. The van der Waals surface area contributed by atoms with Crippen LogP contribution in [0.25, 0.3) is 0 Å². The number of carboxylic acids is 1. The Bertz CT molecular complexity index is 186. The maximum atomic E-state index is 9.97. The number of rotatable bonds is 4. The van der Waals surface area contributed by atoms with E-state index in [0.29, 0.717) is 6.08 Å². The Kier molecular flexibility index (Phi) is 4.27. The molecule has 0 fully saturated rings. The average Bonchev–Trinajstić information content (AvgIpc) is 2.02. The summed E-state index contributed by atoms with van der Waals surface area (Å²) in [7, 11) is 0. The summed E-state index contributed by atoms with van der Waals surface area (Å²) in [5.41, 5.74) is 0. The molecule has 0 saturated heterocycles. The summed E-state index contributed by atoms with van der Waals surface area (Å²) < 4.78 is 0. The Morgan fingerprint density at radius 1 is 1.33 bits per heavy atom. The highest BCUT2D eigenvalue weighted by molar-refractivity contribution is 5.83. The molecule has 0 unspecified atom stereocenters.